The van der Waals surface area contributed by atoms with Gasteiger partial charge in [-0.05, 0) is 53.6 Å². The van der Waals surface area contributed by atoms with Crippen LogP contribution in [0.1, 0.15) is 31.8 Å². The summed E-state index contributed by atoms with van der Waals surface area (Å²) in [4.78, 5) is 25.8. The van der Waals surface area contributed by atoms with Crippen LogP contribution in [0.25, 0.3) is 6.08 Å². The van der Waals surface area contributed by atoms with E-state index in [1.54, 1.807) is 37.4 Å². The zero-order valence-corrected chi connectivity index (χ0v) is 19.7. The van der Waals surface area contributed by atoms with Gasteiger partial charge in [-0.3, -0.25) is 9.59 Å². The van der Waals surface area contributed by atoms with Crippen LogP contribution in [0.2, 0.25) is 10.0 Å². The first-order valence-corrected chi connectivity index (χ1v) is 11.7. The number of Topliss-reactive ketones (excluding diaryl/α,β-unsaturated/α-hetero) is 1. The van der Waals surface area contributed by atoms with E-state index in [0.717, 1.165) is 11.3 Å². The van der Waals surface area contributed by atoms with Crippen LogP contribution in [0, 0.1) is 0 Å². The van der Waals surface area contributed by atoms with E-state index < -0.39 is 17.1 Å². The Balaban J connectivity index is 1.54. The van der Waals surface area contributed by atoms with Crippen molar-refractivity contribution in [3.05, 3.63) is 97.9 Å². The Morgan fingerprint density at radius 3 is 2.55 bits per heavy atom. The van der Waals surface area contributed by atoms with Gasteiger partial charge in [0.1, 0.15) is 17.1 Å². The molecule has 1 aliphatic rings. The zero-order valence-electron chi connectivity index (χ0n) is 17.4. The van der Waals surface area contributed by atoms with Crippen LogP contribution < -0.4 is 14.8 Å². The van der Waals surface area contributed by atoms with Crippen molar-refractivity contribution < 1.29 is 18.9 Å². The number of allylic oxidation sites excluding steroid dienone is 1. The molecule has 3 aromatic rings. The number of rotatable bonds is 5. The van der Waals surface area contributed by atoms with E-state index in [1.807, 2.05) is 24.3 Å². The minimum absolute atomic E-state index is 0.0525. The number of benzene rings is 3. The lowest BCUT2D eigenvalue weighted by atomic mass is 10.0. The Kier molecular flexibility index (Phi) is 6.95. The lowest BCUT2D eigenvalue weighted by molar-refractivity contribution is 0.0951. The molecule has 0 bridgehead atoms. The Bertz CT molecular complexity index is 1260. The van der Waals surface area contributed by atoms with Gasteiger partial charge >= 0.3 is 0 Å². The van der Waals surface area contributed by atoms with Gasteiger partial charge in [0.25, 0.3) is 5.91 Å². The second-order valence-electron chi connectivity index (χ2n) is 7.17. The van der Waals surface area contributed by atoms with Crippen LogP contribution in [0.4, 0.5) is 5.69 Å². The number of anilines is 1. The normalized spacial score (nSPS) is 16.2. The smallest absolute Gasteiger partial charge is 0.251 e. The molecule has 0 radical (unpaired) electrons. The average molecular weight is 501 g/mol. The third-order valence-corrected chi connectivity index (χ3v) is 6.85. The Morgan fingerprint density at radius 1 is 1.09 bits per heavy atom. The maximum absolute atomic E-state index is 13.1. The average Bonchev–Trinajstić information content (AvgIpc) is 2.82. The van der Waals surface area contributed by atoms with Crippen LogP contribution in [0.5, 0.6) is 5.75 Å². The van der Waals surface area contributed by atoms with Crippen molar-refractivity contribution in [2.24, 2.45) is 0 Å². The zero-order chi connectivity index (χ0) is 23.5. The number of ketones is 1. The minimum atomic E-state index is -1.76. The molecule has 1 heterocycles. The Labute approximate surface area is 203 Å². The minimum Gasteiger partial charge on any atom is -0.588 e. The molecule has 9 heteroatoms. The van der Waals surface area contributed by atoms with Gasteiger partial charge in [0, 0.05) is 18.2 Å². The molecule has 0 fully saturated rings. The summed E-state index contributed by atoms with van der Waals surface area (Å²) in [5.74, 6) is -0.0334. The number of carbonyl (C=O) groups is 2. The molecular formula is C24H18Cl2N2O4S. The number of hydrogen-bond donors (Lipinski definition) is 2. The van der Waals surface area contributed by atoms with Crippen LogP contribution in [0.3, 0.4) is 0 Å². The van der Waals surface area contributed by atoms with Crippen LogP contribution in [-0.4, -0.2) is 23.4 Å². The lowest BCUT2D eigenvalue weighted by Gasteiger charge is -2.21. The van der Waals surface area contributed by atoms with E-state index in [4.69, 9.17) is 27.9 Å². The van der Waals surface area contributed by atoms with Crippen molar-refractivity contribution in [3.8, 4) is 5.75 Å². The predicted molar refractivity (Wildman–Crippen MR) is 131 cm³/mol. The number of ether oxygens (including phenoxy) is 1. The maximum Gasteiger partial charge on any atom is 0.251 e. The molecule has 0 aliphatic carbocycles. The van der Waals surface area contributed by atoms with Gasteiger partial charge in [0.05, 0.1) is 28.4 Å². The molecule has 1 unspecified atom stereocenters. The fourth-order valence-electron chi connectivity index (χ4n) is 3.23. The van der Waals surface area contributed by atoms with E-state index in [9.17, 15) is 14.1 Å². The van der Waals surface area contributed by atoms with Gasteiger partial charge in [0.2, 0.25) is 10.7 Å². The molecule has 1 amide bonds. The molecule has 0 spiro atoms. The number of methoxy groups -OCH3 is 1. The summed E-state index contributed by atoms with van der Waals surface area (Å²) in [5, 5.41) is 3.53. The molecule has 1 atom stereocenters. The molecule has 168 valence electrons. The lowest BCUT2D eigenvalue weighted by Crippen LogP contribution is -2.28. The monoisotopic (exact) mass is 500 g/mol. The standard InChI is InChI=1S/C24H18Cl2N2O4S/c1-32-17-6-2-14(3-7-17)13-27-24(30)16-5-9-21-18(12-16)23(29)22(33(31)28-21)11-15-4-8-19(25)20(26)10-15/h2-12,28H,13H2,1H3,(H,27,30)/b22-11-. The first kappa shape index (κ1) is 23.2. The van der Waals surface area contributed by atoms with E-state index in [-0.39, 0.29) is 16.4 Å². The fourth-order valence-corrected chi connectivity index (χ4v) is 4.55. The summed E-state index contributed by atoms with van der Waals surface area (Å²) in [6.45, 7) is 0.318. The first-order chi connectivity index (χ1) is 15.9. The Hall–Kier alpha value is -2.97. The van der Waals surface area contributed by atoms with Crippen molar-refractivity contribution in [2.75, 3.05) is 11.8 Å². The van der Waals surface area contributed by atoms with Crippen LogP contribution >= 0.6 is 23.2 Å². The summed E-state index contributed by atoms with van der Waals surface area (Å²) in [7, 11) is 1.59. The Morgan fingerprint density at radius 2 is 1.85 bits per heavy atom. The molecule has 0 saturated carbocycles. The van der Waals surface area contributed by atoms with Gasteiger partial charge < -0.3 is 14.6 Å². The number of hydrogen-bond acceptors (Lipinski definition) is 5. The second kappa shape index (κ2) is 9.89. The SMILES string of the molecule is COc1ccc(CNC(=O)c2ccc3c(c2)C(=O)/C(=C/c2ccc(Cl)c(Cl)c2)[S+]([O-])N3)cc1. The van der Waals surface area contributed by atoms with Gasteiger partial charge in [-0.2, -0.15) is 0 Å². The molecule has 6 nitrogen and oxygen atoms in total. The molecule has 1 aliphatic heterocycles. The quantitative estimate of drug-likeness (QED) is 0.369. The highest BCUT2D eigenvalue weighted by Crippen LogP contribution is 2.32. The predicted octanol–water partition coefficient (Wildman–Crippen LogP) is 5.25. The third kappa shape index (κ3) is 5.17. The molecule has 4 rings (SSSR count). The molecule has 2 N–H and O–H groups in total. The molecule has 0 saturated heterocycles. The summed E-state index contributed by atoms with van der Waals surface area (Å²) in [6.07, 6.45) is 1.49. The van der Waals surface area contributed by atoms with E-state index >= 15 is 0 Å². The van der Waals surface area contributed by atoms with Crippen molar-refractivity contribution in [1.29, 1.82) is 0 Å². The maximum atomic E-state index is 13.1. The summed E-state index contributed by atoms with van der Waals surface area (Å²) < 4.78 is 20.5. The van der Waals surface area contributed by atoms with Gasteiger partial charge in [0.15, 0.2) is 0 Å². The van der Waals surface area contributed by atoms with Crippen LogP contribution in [-0.2, 0) is 17.9 Å². The summed E-state index contributed by atoms with van der Waals surface area (Å²) >= 11 is 10.2. The topological polar surface area (TPSA) is 90.5 Å². The second-order valence-corrected chi connectivity index (χ2v) is 9.17. The van der Waals surface area contributed by atoms with Crippen molar-refractivity contribution in [1.82, 2.24) is 5.32 Å². The molecule has 3 aromatic carbocycles. The number of nitrogens with one attached hydrogen (secondary N) is 2. The molecule has 0 aromatic heterocycles. The van der Waals surface area contributed by atoms with E-state index in [1.165, 1.54) is 12.1 Å². The summed E-state index contributed by atoms with van der Waals surface area (Å²) in [5.41, 5.74) is 2.47. The van der Waals surface area contributed by atoms with Gasteiger partial charge in [-0.25, -0.2) is 4.72 Å². The number of fused-ring (bicyclic) bond motifs is 1. The highest BCUT2D eigenvalue weighted by atomic mass is 35.5. The van der Waals surface area contributed by atoms with Crippen molar-refractivity contribution in [2.45, 2.75) is 6.54 Å². The van der Waals surface area contributed by atoms with Gasteiger partial charge in [-0.1, -0.05) is 41.4 Å². The number of amides is 1. The van der Waals surface area contributed by atoms with Crippen molar-refractivity contribution in [3.63, 3.8) is 0 Å². The summed E-state index contributed by atoms with van der Waals surface area (Å²) in [6, 6.07) is 16.8. The largest absolute Gasteiger partial charge is 0.588 e. The van der Waals surface area contributed by atoms with E-state index in [2.05, 4.69) is 10.0 Å². The van der Waals surface area contributed by atoms with Gasteiger partial charge in [-0.15, -0.1) is 0 Å². The van der Waals surface area contributed by atoms with Crippen LogP contribution in [0.15, 0.2) is 65.6 Å². The fraction of sp³-hybridized carbons (Fsp3) is 0.0833. The first-order valence-electron chi connectivity index (χ1n) is 9.81. The van der Waals surface area contributed by atoms with Crippen molar-refractivity contribution >= 4 is 58.0 Å². The number of halogens is 2. The highest BCUT2D eigenvalue weighted by Gasteiger charge is 2.34. The van der Waals surface area contributed by atoms with E-state index in [0.29, 0.717) is 33.4 Å². The molecule has 33 heavy (non-hydrogen) atoms. The highest BCUT2D eigenvalue weighted by molar-refractivity contribution is 7.97. The molecular weight excluding hydrogens is 483 g/mol. The number of carbonyl (C=O) groups excluding carboxylic acids is 2. The third-order valence-electron chi connectivity index (χ3n) is 5.01.